The molecule has 126 valence electrons. The summed E-state index contributed by atoms with van der Waals surface area (Å²) in [6.07, 6.45) is 2.32. The number of esters is 1. The average molecular weight is 370 g/mol. The molecule has 0 radical (unpaired) electrons. The molecule has 1 aliphatic heterocycles. The van der Waals surface area contributed by atoms with Crippen LogP contribution in [-0.4, -0.2) is 42.6 Å². The van der Waals surface area contributed by atoms with Gasteiger partial charge in [-0.25, -0.2) is 4.79 Å². The van der Waals surface area contributed by atoms with Crippen molar-refractivity contribution >= 4 is 46.6 Å². The Labute approximate surface area is 146 Å². The second kappa shape index (κ2) is 7.84. The van der Waals surface area contributed by atoms with Crippen LogP contribution in [0.25, 0.3) is 0 Å². The van der Waals surface area contributed by atoms with Crippen LogP contribution in [0.4, 0.5) is 0 Å². The molecule has 0 saturated carbocycles. The number of methoxy groups -OCH3 is 2. The van der Waals surface area contributed by atoms with Gasteiger partial charge in [-0.2, -0.15) is 5.10 Å². The van der Waals surface area contributed by atoms with E-state index >= 15 is 0 Å². The van der Waals surface area contributed by atoms with Gasteiger partial charge in [0.15, 0.2) is 5.17 Å². The first-order valence-corrected chi connectivity index (χ1v) is 7.60. The van der Waals surface area contributed by atoms with Gasteiger partial charge >= 0.3 is 5.97 Å². The normalized spacial score (nSPS) is 17.5. The van der Waals surface area contributed by atoms with Crippen molar-refractivity contribution in [1.29, 1.82) is 0 Å². The highest BCUT2D eigenvalue weighted by atomic mass is 35.5. The monoisotopic (exact) mass is 369 g/mol. The standard InChI is InChI=1S/C14H12ClN3O5S/c1-22-10-4-9(19)7(3-8(10)15)6-16-18-14-17-13(21)11(24-14)5-12(20)23-2/h3-6,19H,1-2H3,(H,17,18,21)/b11-5+,16-6?. The summed E-state index contributed by atoms with van der Waals surface area (Å²) in [5.74, 6) is -0.881. The van der Waals surface area contributed by atoms with Gasteiger partial charge < -0.3 is 14.6 Å². The van der Waals surface area contributed by atoms with E-state index in [1.807, 2.05) is 0 Å². The van der Waals surface area contributed by atoms with Crippen LogP contribution in [0.5, 0.6) is 11.5 Å². The van der Waals surface area contributed by atoms with E-state index < -0.39 is 11.9 Å². The van der Waals surface area contributed by atoms with E-state index in [4.69, 9.17) is 16.3 Å². The van der Waals surface area contributed by atoms with Crippen LogP contribution >= 0.6 is 23.4 Å². The van der Waals surface area contributed by atoms with Crippen molar-refractivity contribution in [1.82, 2.24) is 5.32 Å². The number of aromatic hydroxyl groups is 1. The summed E-state index contributed by atoms with van der Waals surface area (Å²) in [4.78, 5) is 22.9. The Balaban J connectivity index is 2.13. The Kier molecular flexibility index (Phi) is 5.83. The van der Waals surface area contributed by atoms with Crippen molar-refractivity contribution < 1.29 is 24.2 Å². The molecule has 1 fully saturated rings. The van der Waals surface area contributed by atoms with Crippen LogP contribution in [-0.2, 0) is 14.3 Å². The highest BCUT2D eigenvalue weighted by Gasteiger charge is 2.25. The van der Waals surface area contributed by atoms with E-state index in [1.165, 1.54) is 32.6 Å². The molecule has 1 amide bonds. The fourth-order valence-corrected chi connectivity index (χ4v) is 2.59. The van der Waals surface area contributed by atoms with Crippen molar-refractivity contribution in [2.75, 3.05) is 14.2 Å². The molecule has 8 nitrogen and oxygen atoms in total. The molecule has 1 aromatic rings. The van der Waals surface area contributed by atoms with E-state index in [1.54, 1.807) is 0 Å². The third-order valence-corrected chi connectivity index (χ3v) is 3.94. The number of amides is 1. The van der Waals surface area contributed by atoms with Crippen LogP contribution in [0.1, 0.15) is 5.56 Å². The Morgan fingerprint density at radius 3 is 2.83 bits per heavy atom. The highest BCUT2D eigenvalue weighted by molar-refractivity contribution is 8.18. The Hall–Kier alpha value is -2.52. The molecule has 1 heterocycles. The van der Waals surface area contributed by atoms with Gasteiger partial charge in [-0.1, -0.05) is 11.6 Å². The van der Waals surface area contributed by atoms with Crippen LogP contribution < -0.4 is 10.1 Å². The lowest BCUT2D eigenvalue weighted by Crippen LogP contribution is -2.19. The van der Waals surface area contributed by atoms with Gasteiger partial charge in [-0.05, 0) is 17.8 Å². The number of nitrogens with one attached hydrogen (secondary N) is 1. The zero-order valence-electron chi connectivity index (χ0n) is 12.6. The number of benzene rings is 1. The predicted molar refractivity (Wildman–Crippen MR) is 90.5 cm³/mol. The van der Waals surface area contributed by atoms with Crippen molar-refractivity contribution in [2.45, 2.75) is 0 Å². The third-order valence-electron chi connectivity index (χ3n) is 2.75. The van der Waals surface area contributed by atoms with Gasteiger partial charge in [-0.3, -0.25) is 10.1 Å². The quantitative estimate of drug-likeness (QED) is 0.361. The number of phenols is 1. The van der Waals surface area contributed by atoms with Crippen LogP contribution in [0, 0.1) is 0 Å². The summed E-state index contributed by atoms with van der Waals surface area (Å²) < 4.78 is 9.42. The van der Waals surface area contributed by atoms with Gasteiger partial charge in [0.25, 0.3) is 5.91 Å². The number of carbonyl (C=O) groups excluding carboxylic acids is 2. The molecular formula is C14H12ClN3O5S. The summed E-state index contributed by atoms with van der Waals surface area (Å²) >= 11 is 6.90. The first kappa shape index (κ1) is 17.8. The Morgan fingerprint density at radius 1 is 1.42 bits per heavy atom. The minimum absolute atomic E-state index is 0.0883. The lowest BCUT2D eigenvalue weighted by Gasteiger charge is -2.05. The lowest BCUT2D eigenvalue weighted by atomic mass is 10.2. The molecule has 0 aliphatic carbocycles. The van der Waals surface area contributed by atoms with Crippen molar-refractivity contribution in [3.8, 4) is 11.5 Å². The number of carbonyl (C=O) groups is 2. The van der Waals surface area contributed by atoms with Crippen LogP contribution in [0.15, 0.2) is 33.3 Å². The van der Waals surface area contributed by atoms with Gasteiger partial charge in [0.2, 0.25) is 0 Å². The molecule has 24 heavy (non-hydrogen) atoms. The van der Waals surface area contributed by atoms with E-state index in [0.29, 0.717) is 16.3 Å². The summed E-state index contributed by atoms with van der Waals surface area (Å²) in [6.45, 7) is 0. The highest BCUT2D eigenvalue weighted by Crippen LogP contribution is 2.31. The van der Waals surface area contributed by atoms with Crippen molar-refractivity contribution in [2.24, 2.45) is 10.2 Å². The van der Waals surface area contributed by atoms with E-state index in [0.717, 1.165) is 17.8 Å². The van der Waals surface area contributed by atoms with Gasteiger partial charge in [0.05, 0.1) is 30.4 Å². The first-order chi connectivity index (χ1) is 11.4. The molecular weight excluding hydrogens is 358 g/mol. The molecule has 0 unspecified atom stereocenters. The number of hydrogen-bond donors (Lipinski definition) is 2. The fraction of sp³-hybridized carbons (Fsp3) is 0.143. The molecule has 1 aromatic carbocycles. The molecule has 0 bridgehead atoms. The largest absolute Gasteiger partial charge is 0.507 e. The minimum Gasteiger partial charge on any atom is -0.507 e. The molecule has 1 aliphatic rings. The maximum atomic E-state index is 11.6. The number of hydrogen-bond acceptors (Lipinski definition) is 8. The lowest BCUT2D eigenvalue weighted by molar-refractivity contribution is -0.135. The Morgan fingerprint density at radius 2 is 2.17 bits per heavy atom. The maximum Gasteiger partial charge on any atom is 0.331 e. The van der Waals surface area contributed by atoms with Crippen LogP contribution in [0.3, 0.4) is 0 Å². The summed E-state index contributed by atoms with van der Waals surface area (Å²) in [5, 5.41) is 20.3. The second-order valence-corrected chi connectivity index (χ2v) is 5.72. The zero-order valence-corrected chi connectivity index (χ0v) is 14.1. The number of ether oxygens (including phenoxy) is 2. The first-order valence-electron chi connectivity index (χ1n) is 6.41. The zero-order chi connectivity index (χ0) is 17.7. The average Bonchev–Trinajstić information content (AvgIpc) is 2.89. The van der Waals surface area contributed by atoms with E-state index in [9.17, 15) is 14.7 Å². The second-order valence-electron chi connectivity index (χ2n) is 4.28. The molecule has 0 spiro atoms. The Bertz CT molecular complexity index is 776. The number of halogens is 1. The van der Waals surface area contributed by atoms with E-state index in [2.05, 4.69) is 20.3 Å². The number of thioether (sulfide) groups is 1. The molecule has 0 aromatic heterocycles. The van der Waals surface area contributed by atoms with Crippen LogP contribution in [0.2, 0.25) is 5.02 Å². The SMILES string of the molecule is COC(=O)/C=C1/S/C(=N\N=Cc2cc(Cl)c(OC)cc2O)NC1=O. The maximum absolute atomic E-state index is 11.6. The van der Waals surface area contributed by atoms with Crippen molar-refractivity contribution in [3.05, 3.63) is 33.7 Å². The van der Waals surface area contributed by atoms with E-state index in [-0.39, 0.29) is 15.8 Å². The number of phenolic OH excluding ortho intramolecular Hbond substituents is 1. The number of amidine groups is 1. The summed E-state index contributed by atoms with van der Waals surface area (Å²) in [7, 11) is 2.64. The third kappa shape index (κ3) is 4.27. The van der Waals surface area contributed by atoms with Gasteiger partial charge in [0, 0.05) is 17.7 Å². The van der Waals surface area contributed by atoms with Gasteiger partial charge in [0.1, 0.15) is 11.5 Å². The number of nitrogens with zero attached hydrogens (tertiary/aromatic N) is 2. The fourth-order valence-electron chi connectivity index (χ4n) is 1.60. The smallest absolute Gasteiger partial charge is 0.331 e. The molecule has 2 N–H and O–H groups in total. The predicted octanol–water partition coefficient (Wildman–Crippen LogP) is 1.66. The van der Waals surface area contributed by atoms with Gasteiger partial charge in [-0.15, -0.1) is 5.10 Å². The number of rotatable bonds is 4. The molecule has 2 rings (SSSR count). The molecule has 10 heteroatoms. The van der Waals surface area contributed by atoms with Crippen molar-refractivity contribution in [3.63, 3.8) is 0 Å². The molecule has 0 atom stereocenters. The molecule has 1 saturated heterocycles. The summed E-state index contributed by atoms with van der Waals surface area (Å²) in [6, 6.07) is 2.81. The summed E-state index contributed by atoms with van der Waals surface area (Å²) in [5.41, 5.74) is 0.324. The minimum atomic E-state index is -0.643. The topological polar surface area (TPSA) is 110 Å².